The molecule has 3 nitrogen and oxygen atoms in total. The number of ether oxygens (including phenoxy) is 1. The SMILES string of the molecule is CCO[C@H]1C[C@H]2C=C(Cl)[C@@H]1C(=O)C2=O. The van der Waals surface area contributed by atoms with Crippen LogP contribution in [0.25, 0.3) is 0 Å². The molecular formula is C10H11ClO3. The molecule has 0 aromatic carbocycles. The van der Waals surface area contributed by atoms with Crippen molar-refractivity contribution < 1.29 is 14.3 Å². The first-order valence-electron chi connectivity index (χ1n) is 4.72. The first kappa shape index (κ1) is 9.87. The average Bonchev–Trinajstić information content (AvgIpc) is 2.13. The Balaban J connectivity index is 2.30. The van der Waals surface area contributed by atoms with Crippen LogP contribution in [-0.2, 0) is 14.3 Å². The Morgan fingerprint density at radius 2 is 2.21 bits per heavy atom. The van der Waals surface area contributed by atoms with Gasteiger partial charge in [0.2, 0.25) is 11.6 Å². The maximum atomic E-state index is 11.5. The van der Waals surface area contributed by atoms with E-state index in [1.54, 1.807) is 6.08 Å². The maximum absolute atomic E-state index is 11.5. The third kappa shape index (κ3) is 1.31. The molecular weight excluding hydrogens is 204 g/mol. The minimum atomic E-state index is -0.533. The molecule has 0 aromatic heterocycles. The number of allylic oxidation sites excluding steroid dienone is 1. The van der Waals surface area contributed by atoms with Crippen LogP contribution in [0.15, 0.2) is 11.1 Å². The smallest absolute Gasteiger partial charge is 0.209 e. The Morgan fingerprint density at radius 3 is 2.79 bits per heavy atom. The Bertz CT molecular complexity index is 321. The van der Waals surface area contributed by atoms with Gasteiger partial charge in [0.25, 0.3) is 0 Å². The van der Waals surface area contributed by atoms with Crippen molar-refractivity contribution in [3.05, 3.63) is 11.1 Å². The molecule has 1 fully saturated rings. The molecule has 0 heterocycles. The van der Waals surface area contributed by atoms with Gasteiger partial charge >= 0.3 is 0 Å². The van der Waals surface area contributed by atoms with Crippen LogP contribution in [0, 0.1) is 11.8 Å². The Kier molecular flexibility index (Phi) is 2.45. The van der Waals surface area contributed by atoms with Crippen LogP contribution in [-0.4, -0.2) is 24.3 Å². The summed E-state index contributed by atoms with van der Waals surface area (Å²) in [5.74, 6) is -1.58. The van der Waals surface area contributed by atoms with Crippen LogP contribution < -0.4 is 0 Å². The molecule has 1 saturated carbocycles. The molecule has 2 bridgehead atoms. The molecule has 3 rings (SSSR count). The van der Waals surface area contributed by atoms with Gasteiger partial charge in [-0.05, 0) is 13.3 Å². The van der Waals surface area contributed by atoms with Crippen molar-refractivity contribution in [1.29, 1.82) is 0 Å². The van der Waals surface area contributed by atoms with Gasteiger partial charge in [0.15, 0.2) is 0 Å². The summed E-state index contributed by atoms with van der Waals surface area (Å²) in [5.41, 5.74) is 0. The molecule has 0 unspecified atom stereocenters. The molecule has 0 spiro atoms. The summed E-state index contributed by atoms with van der Waals surface area (Å²) in [7, 11) is 0. The molecule has 14 heavy (non-hydrogen) atoms. The van der Waals surface area contributed by atoms with Crippen LogP contribution in [0.4, 0.5) is 0 Å². The first-order chi connectivity index (χ1) is 6.65. The van der Waals surface area contributed by atoms with Crippen LogP contribution >= 0.6 is 11.6 Å². The molecule has 3 aliphatic carbocycles. The van der Waals surface area contributed by atoms with Gasteiger partial charge in [-0.1, -0.05) is 17.7 Å². The summed E-state index contributed by atoms with van der Waals surface area (Å²) in [4.78, 5) is 22.9. The van der Waals surface area contributed by atoms with E-state index in [4.69, 9.17) is 16.3 Å². The van der Waals surface area contributed by atoms with Crippen molar-refractivity contribution >= 4 is 23.2 Å². The summed E-state index contributed by atoms with van der Waals surface area (Å²) in [6, 6.07) is 0. The number of hydrogen-bond donors (Lipinski definition) is 0. The van der Waals surface area contributed by atoms with Gasteiger partial charge in [0, 0.05) is 17.6 Å². The van der Waals surface area contributed by atoms with E-state index in [1.807, 2.05) is 6.92 Å². The van der Waals surface area contributed by atoms with Gasteiger partial charge in [-0.25, -0.2) is 0 Å². The van der Waals surface area contributed by atoms with Crippen molar-refractivity contribution in [2.24, 2.45) is 11.8 Å². The molecule has 3 atom stereocenters. The van der Waals surface area contributed by atoms with Gasteiger partial charge in [-0.2, -0.15) is 0 Å². The number of ketones is 2. The molecule has 4 heteroatoms. The highest BCUT2D eigenvalue weighted by molar-refractivity contribution is 6.45. The van der Waals surface area contributed by atoms with Gasteiger partial charge in [0.1, 0.15) is 0 Å². The minimum Gasteiger partial charge on any atom is -0.377 e. The largest absolute Gasteiger partial charge is 0.377 e. The molecule has 0 N–H and O–H groups in total. The molecule has 3 aliphatic rings. The van der Waals surface area contributed by atoms with Crippen LogP contribution in [0.1, 0.15) is 13.3 Å². The zero-order valence-electron chi connectivity index (χ0n) is 7.83. The van der Waals surface area contributed by atoms with E-state index < -0.39 is 5.92 Å². The van der Waals surface area contributed by atoms with Crippen molar-refractivity contribution in [3.8, 4) is 0 Å². The van der Waals surface area contributed by atoms with Crippen molar-refractivity contribution in [1.82, 2.24) is 0 Å². The summed E-state index contributed by atoms with van der Waals surface area (Å²) >= 11 is 5.91. The molecule has 0 amide bonds. The fourth-order valence-corrected chi connectivity index (χ4v) is 2.51. The quantitative estimate of drug-likeness (QED) is 0.651. The molecule has 0 aromatic rings. The van der Waals surface area contributed by atoms with Gasteiger partial charge < -0.3 is 4.74 Å². The predicted octanol–water partition coefficient (Wildman–Crippen LogP) is 1.30. The van der Waals surface area contributed by atoms with E-state index in [-0.39, 0.29) is 23.6 Å². The van der Waals surface area contributed by atoms with E-state index in [0.29, 0.717) is 18.1 Å². The van der Waals surface area contributed by atoms with E-state index in [0.717, 1.165) is 0 Å². The number of rotatable bonds is 2. The van der Waals surface area contributed by atoms with Crippen LogP contribution in [0.2, 0.25) is 0 Å². The second-order valence-electron chi connectivity index (χ2n) is 3.59. The summed E-state index contributed by atoms with van der Waals surface area (Å²) in [6.45, 7) is 2.41. The van der Waals surface area contributed by atoms with E-state index >= 15 is 0 Å². The molecule has 76 valence electrons. The lowest BCUT2D eigenvalue weighted by Crippen LogP contribution is -2.48. The van der Waals surface area contributed by atoms with Crippen LogP contribution in [0.5, 0.6) is 0 Å². The number of carbonyl (C=O) groups is 2. The minimum absolute atomic E-state index is 0.201. The summed E-state index contributed by atoms with van der Waals surface area (Å²) in [6.07, 6.45) is 2.08. The van der Waals surface area contributed by atoms with E-state index in [2.05, 4.69) is 0 Å². The van der Waals surface area contributed by atoms with E-state index in [1.165, 1.54) is 0 Å². The van der Waals surface area contributed by atoms with E-state index in [9.17, 15) is 9.59 Å². The zero-order valence-corrected chi connectivity index (χ0v) is 8.58. The predicted molar refractivity (Wildman–Crippen MR) is 51.0 cm³/mol. The Hall–Kier alpha value is -0.670. The highest BCUT2D eigenvalue weighted by Crippen LogP contribution is 2.39. The zero-order chi connectivity index (χ0) is 10.3. The third-order valence-electron chi connectivity index (χ3n) is 2.76. The third-order valence-corrected chi connectivity index (χ3v) is 3.12. The summed E-state index contributed by atoms with van der Waals surface area (Å²) in [5, 5.41) is 0.476. The Morgan fingerprint density at radius 1 is 1.50 bits per heavy atom. The first-order valence-corrected chi connectivity index (χ1v) is 5.09. The monoisotopic (exact) mass is 214 g/mol. The second kappa shape index (κ2) is 3.48. The molecule has 0 radical (unpaired) electrons. The number of hydrogen-bond acceptors (Lipinski definition) is 3. The fourth-order valence-electron chi connectivity index (χ4n) is 2.12. The highest BCUT2D eigenvalue weighted by Gasteiger charge is 2.48. The van der Waals surface area contributed by atoms with Crippen molar-refractivity contribution in [2.45, 2.75) is 19.4 Å². The number of fused-ring (bicyclic) bond motifs is 2. The second-order valence-corrected chi connectivity index (χ2v) is 4.03. The summed E-state index contributed by atoms with van der Waals surface area (Å²) < 4.78 is 5.41. The van der Waals surface area contributed by atoms with Crippen molar-refractivity contribution in [3.63, 3.8) is 0 Å². The lowest BCUT2D eigenvalue weighted by Gasteiger charge is -2.37. The fraction of sp³-hybridized carbons (Fsp3) is 0.600. The lowest BCUT2D eigenvalue weighted by molar-refractivity contribution is -0.148. The lowest BCUT2D eigenvalue weighted by atomic mass is 9.72. The molecule has 0 aliphatic heterocycles. The maximum Gasteiger partial charge on any atom is 0.209 e. The average molecular weight is 215 g/mol. The number of halogens is 1. The molecule has 0 saturated heterocycles. The topological polar surface area (TPSA) is 43.4 Å². The standard InChI is InChI=1S/C10H11ClO3/c1-2-14-7-4-5-3-6(11)8(7)10(13)9(5)12/h3,5,7-8H,2,4H2,1H3/t5-,7+,8+/m1/s1. The Labute approximate surface area is 87.1 Å². The van der Waals surface area contributed by atoms with Gasteiger partial charge in [-0.15, -0.1) is 0 Å². The number of carbonyl (C=O) groups excluding carboxylic acids is 2. The normalized spacial score (nSPS) is 36.1. The van der Waals surface area contributed by atoms with Gasteiger partial charge in [0.05, 0.1) is 12.0 Å². The number of Topliss-reactive ketones (excluding diaryl/α,β-unsaturated/α-hetero) is 2. The van der Waals surface area contributed by atoms with Crippen molar-refractivity contribution in [2.75, 3.05) is 6.61 Å². The van der Waals surface area contributed by atoms with Gasteiger partial charge in [-0.3, -0.25) is 9.59 Å². The van der Waals surface area contributed by atoms with Crippen LogP contribution in [0.3, 0.4) is 0 Å². The highest BCUT2D eigenvalue weighted by atomic mass is 35.5.